The Morgan fingerprint density at radius 1 is 1.50 bits per heavy atom. The second-order valence-electron chi connectivity index (χ2n) is 3.52. The molecule has 0 radical (unpaired) electrons. The standard InChI is InChI=1S/C9H18N2O/c1-3-11-8(12)9(7-10-2)5-4-6-9/h10H,3-7H2,1-2H3,(H,11,12). The molecule has 0 saturated heterocycles. The number of rotatable bonds is 4. The molecule has 1 aliphatic rings. The van der Waals surface area contributed by atoms with Crippen molar-refractivity contribution in [3.63, 3.8) is 0 Å². The minimum Gasteiger partial charge on any atom is -0.356 e. The van der Waals surface area contributed by atoms with Crippen LogP contribution < -0.4 is 10.6 Å². The normalized spacial score (nSPS) is 19.8. The zero-order chi connectivity index (χ0) is 9.03. The molecule has 70 valence electrons. The lowest BCUT2D eigenvalue weighted by atomic mass is 9.68. The molecule has 0 aliphatic heterocycles. The summed E-state index contributed by atoms with van der Waals surface area (Å²) in [5.41, 5.74) is -0.0786. The number of carbonyl (C=O) groups excluding carboxylic acids is 1. The van der Waals surface area contributed by atoms with Gasteiger partial charge in [0.25, 0.3) is 0 Å². The first kappa shape index (κ1) is 9.52. The summed E-state index contributed by atoms with van der Waals surface area (Å²) in [7, 11) is 1.90. The van der Waals surface area contributed by atoms with E-state index in [0.29, 0.717) is 0 Å². The largest absolute Gasteiger partial charge is 0.356 e. The van der Waals surface area contributed by atoms with Gasteiger partial charge in [-0.25, -0.2) is 0 Å². The van der Waals surface area contributed by atoms with Crippen molar-refractivity contribution in [1.82, 2.24) is 10.6 Å². The van der Waals surface area contributed by atoms with Crippen LogP contribution in [0.3, 0.4) is 0 Å². The van der Waals surface area contributed by atoms with Gasteiger partial charge in [-0.15, -0.1) is 0 Å². The predicted octanol–water partition coefficient (Wildman–Crippen LogP) is 0.512. The molecule has 1 amide bonds. The molecule has 0 spiro atoms. The Balaban J connectivity index is 2.47. The molecule has 0 unspecified atom stereocenters. The predicted molar refractivity (Wildman–Crippen MR) is 48.9 cm³/mol. The van der Waals surface area contributed by atoms with Gasteiger partial charge in [-0.2, -0.15) is 0 Å². The summed E-state index contributed by atoms with van der Waals surface area (Å²) >= 11 is 0. The van der Waals surface area contributed by atoms with Crippen molar-refractivity contribution in [2.45, 2.75) is 26.2 Å². The fourth-order valence-electron chi connectivity index (χ4n) is 1.77. The van der Waals surface area contributed by atoms with E-state index < -0.39 is 0 Å². The van der Waals surface area contributed by atoms with E-state index in [9.17, 15) is 4.79 Å². The second-order valence-corrected chi connectivity index (χ2v) is 3.52. The van der Waals surface area contributed by atoms with Crippen LogP contribution in [0.2, 0.25) is 0 Å². The lowest BCUT2D eigenvalue weighted by molar-refractivity contribution is -0.135. The van der Waals surface area contributed by atoms with Crippen molar-refractivity contribution in [2.75, 3.05) is 20.1 Å². The highest BCUT2D eigenvalue weighted by molar-refractivity contribution is 5.83. The molecule has 0 aromatic carbocycles. The fraction of sp³-hybridized carbons (Fsp3) is 0.889. The molecule has 0 heterocycles. The van der Waals surface area contributed by atoms with Crippen molar-refractivity contribution in [1.29, 1.82) is 0 Å². The van der Waals surface area contributed by atoms with Gasteiger partial charge < -0.3 is 10.6 Å². The third-order valence-electron chi connectivity index (χ3n) is 2.64. The number of nitrogens with one attached hydrogen (secondary N) is 2. The summed E-state index contributed by atoms with van der Waals surface area (Å²) in [6.07, 6.45) is 3.28. The third-order valence-corrected chi connectivity index (χ3v) is 2.64. The highest BCUT2D eigenvalue weighted by Crippen LogP contribution is 2.40. The Labute approximate surface area is 73.9 Å². The topological polar surface area (TPSA) is 41.1 Å². The van der Waals surface area contributed by atoms with E-state index in [-0.39, 0.29) is 11.3 Å². The molecule has 0 aromatic heterocycles. The summed E-state index contributed by atoms with van der Waals surface area (Å²) < 4.78 is 0. The number of carbonyl (C=O) groups is 1. The Kier molecular flexibility index (Phi) is 3.09. The summed E-state index contributed by atoms with van der Waals surface area (Å²) in [6.45, 7) is 3.52. The maximum Gasteiger partial charge on any atom is 0.227 e. The summed E-state index contributed by atoms with van der Waals surface area (Å²) in [5.74, 6) is 0.227. The van der Waals surface area contributed by atoms with E-state index in [1.165, 1.54) is 6.42 Å². The molecule has 1 saturated carbocycles. The molecular formula is C9H18N2O. The van der Waals surface area contributed by atoms with Crippen LogP contribution >= 0.6 is 0 Å². The Hall–Kier alpha value is -0.570. The first-order valence-corrected chi connectivity index (χ1v) is 4.68. The Morgan fingerprint density at radius 2 is 2.17 bits per heavy atom. The van der Waals surface area contributed by atoms with E-state index in [1.807, 2.05) is 14.0 Å². The van der Waals surface area contributed by atoms with Gasteiger partial charge in [-0.3, -0.25) is 4.79 Å². The average Bonchev–Trinajstić information content (AvgIpc) is 1.97. The van der Waals surface area contributed by atoms with Gasteiger partial charge in [0.1, 0.15) is 0 Å². The number of amides is 1. The monoisotopic (exact) mass is 170 g/mol. The van der Waals surface area contributed by atoms with E-state index in [0.717, 1.165) is 25.9 Å². The fourth-order valence-corrected chi connectivity index (χ4v) is 1.77. The zero-order valence-electron chi connectivity index (χ0n) is 7.94. The highest BCUT2D eigenvalue weighted by Gasteiger charge is 2.42. The van der Waals surface area contributed by atoms with Crippen LogP contribution in [0.4, 0.5) is 0 Å². The second kappa shape index (κ2) is 3.90. The quantitative estimate of drug-likeness (QED) is 0.645. The zero-order valence-corrected chi connectivity index (χ0v) is 7.94. The van der Waals surface area contributed by atoms with Gasteiger partial charge >= 0.3 is 0 Å². The van der Waals surface area contributed by atoms with Gasteiger partial charge in [0.05, 0.1) is 5.41 Å². The minimum atomic E-state index is -0.0786. The lowest BCUT2D eigenvalue weighted by Crippen LogP contribution is -2.50. The molecule has 0 bridgehead atoms. The molecule has 3 nitrogen and oxygen atoms in total. The Morgan fingerprint density at radius 3 is 2.50 bits per heavy atom. The van der Waals surface area contributed by atoms with Gasteiger partial charge in [-0.1, -0.05) is 6.42 Å². The summed E-state index contributed by atoms with van der Waals surface area (Å²) in [6, 6.07) is 0. The van der Waals surface area contributed by atoms with Crippen LogP contribution in [0.5, 0.6) is 0 Å². The van der Waals surface area contributed by atoms with Crippen LogP contribution in [-0.4, -0.2) is 26.0 Å². The van der Waals surface area contributed by atoms with Crippen LogP contribution in [0, 0.1) is 5.41 Å². The minimum absolute atomic E-state index is 0.0786. The van der Waals surface area contributed by atoms with E-state index >= 15 is 0 Å². The van der Waals surface area contributed by atoms with Crippen LogP contribution in [0.1, 0.15) is 26.2 Å². The molecule has 1 fully saturated rings. The van der Waals surface area contributed by atoms with Crippen molar-refractivity contribution in [3.8, 4) is 0 Å². The number of hydrogen-bond donors (Lipinski definition) is 2. The molecule has 0 aromatic rings. The highest BCUT2D eigenvalue weighted by atomic mass is 16.2. The lowest BCUT2D eigenvalue weighted by Gasteiger charge is -2.40. The first-order chi connectivity index (χ1) is 5.75. The third kappa shape index (κ3) is 1.61. The van der Waals surface area contributed by atoms with Crippen molar-refractivity contribution >= 4 is 5.91 Å². The van der Waals surface area contributed by atoms with Crippen molar-refractivity contribution in [2.24, 2.45) is 5.41 Å². The van der Waals surface area contributed by atoms with E-state index in [2.05, 4.69) is 10.6 Å². The van der Waals surface area contributed by atoms with E-state index in [1.54, 1.807) is 0 Å². The van der Waals surface area contributed by atoms with E-state index in [4.69, 9.17) is 0 Å². The molecule has 0 atom stereocenters. The van der Waals surface area contributed by atoms with Crippen LogP contribution in [0.15, 0.2) is 0 Å². The SMILES string of the molecule is CCNC(=O)C1(CNC)CCC1. The maximum atomic E-state index is 11.6. The Bertz CT molecular complexity index is 164. The van der Waals surface area contributed by atoms with Crippen LogP contribution in [-0.2, 0) is 4.79 Å². The average molecular weight is 170 g/mol. The maximum absolute atomic E-state index is 11.6. The van der Waals surface area contributed by atoms with Gasteiger partial charge in [0.15, 0.2) is 0 Å². The molecular weight excluding hydrogens is 152 g/mol. The smallest absolute Gasteiger partial charge is 0.227 e. The summed E-state index contributed by atoms with van der Waals surface area (Å²) in [5, 5.41) is 5.98. The van der Waals surface area contributed by atoms with Crippen molar-refractivity contribution in [3.05, 3.63) is 0 Å². The number of hydrogen-bond acceptors (Lipinski definition) is 2. The molecule has 3 heteroatoms. The molecule has 2 N–H and O–H groups in total. The van der Waals surface area contributed by atoms with Gasteiger partial charge in [-0.05, 0) is 26.8 Å². The van der Waals surface area contributed by atoms with Crippen molar-refractivity contribution < 1.29 is 4.79 Å². The molecule has 1 aliphatic carbocycles. The molecule has 12 heavy (non-hydrogen) atoms. The van der Waals surface area contributed by atoms with Gasteiger partial charge in [0, 0.05) is 13.1 Å². The van der Waals surface area contributed by atoms with Gasteiger partial charge in [0.2, 0.25) is 5.91 Å². The molecule has 1 rings (SSSR count). The first-order valence-electron chi connectivity index (χ1n) is 4.68. The summed E-state index contributed by atoms with van der Waals surface area (Å²) in [4.78, 5) is 11.6. The van der Waals surface area contributed by atoms with Crippen LogP contribution in [0.25, 0.3) is 0 Å².